The van der Waals surface area contributed by atoms with Crippen LogP contribution >= 0.6 is 0 Å². The van der Waals surface area contributed by atoms with Crippen molar-refractivity contribution in [1.82, 2.24) is 5.32 Å². The van der Waals surface area contributed by atoms with Crippen LogP contribution in [0.4, 0.5) is 0 Å². The zero-order chi connectivity index (χ0) is 18.4. The molecule has 0 aliphatic carbocycles. The molecule has 0 fully saturated rings. The summed E-state index contributed by atoms with van der Waals surface area (Å²) in [5.41, 5.74) is 7.74. The number of hydrogen-bond acceptors (Lipinski definition) is 4. The van der Waals surface area contributed by atoms with Gasteiger partial charge in [-0.25, -0.2) is 0 Å². The summed E-state index contributed by atoms with van der Waals surface area (Å²) in [5, 5.41) is 3.10. The molecule has 0 saturated heterocycles. The minimum Gasteiger partial charge on any atom is -0.497 e. The summed E-state index contributed by atoms with van der Waals surface area (Å²) in [4.78, 5) is 12.6. The molecule has 1 amide bonds. The van der Waals surface area contributed by atoms with Crippen LogP contribution in [0.2, 0.25) is 0 Å². The molecule has 0 saturated carbocycles. The standard InChI is InChI=1S/C20H26N2O3/c1-13(14(2)21)20(23)22-19(15-7-5-9-17(11-15)24-3)16-8-6-10-18(12-16)25-4/h5-14,19H,21H2,1-4H3,(H,22,23). The van der Waals surface area contributed by atoms with E-state index in [4.69, 9.17) is 15.2 Å². The van der Waals surface area contributed by atoms with Gasteiger partial charge in [-0.05, 0) is 42.3 Å². The van der Waals surface area contributed by atoms with Crippen LogP contribution in [0, 0.1) is 5.92 Å². The van der Waals surface area contributed by atoms with E-state index in [2.05, 4.69) is 5.32 Å². The molecule has 25 heavy (non-hydrogen) atoms. The second-order valence-corrected chi connectivity index (χ2v) is 6.14. The van der Waals surface area contributed by atoms with Crippen LogP contribution in [-0.2, 0) is 4.79 Å². The van der Waals surface area contributed by atoms with Gasteiger partial charge in [0.15, 0.2) is 0 Å². The molecule has 2 rings (SSSR count). The Hall–Kier alpha value is -2.53. The van der Waals surface area contributed by atoms with Gasteiger partial charge in [0.25, 0.3) is 0 Å². The fourth-order valence-electron chi connectivity index (χ4n) is 2.51. The quantitative estimate of drug-likeness (QED) is 0.811. The lowest BCUT2D eigenvalue weighted by atomic mass is 9.96. The Morgan fingerprint density at radius 3 is 1.84 bits per heavy atom. The molecule has 0 bridgehead atoms. The van der Waals surface area contributed by atoms with Gasteiger partial charge in [0, 0.05) is 12.0 Å². The fourth-order valence-corrected chi connectivity index (χ4v) is 2.51. The molecule has 2 aromatic rings. The zero-order valence-corrected chi connectivity index (χ0v) is 15.2. The van der Waals surface area contributed by atoms with Crippen LogP contribution in [0.25, 0.3) is 0 Å². The van der Waals surface area contributed by atoms with Crippen LogP contribution in [0.5, 0.6) is 11.5 Å². The number of hydrogen-bond donors (Lipinski definition) is 2. The molecule has 2 atom stereocenters. The van der Waals surface area contributed by atoms with Gasteiger partial charge in [-0.15, -0.1) is 0 Å². The molecule has 0 aliphatic rings. The normalized spacial score (nSPS) is 13.2. The lowest BCUT2D eigenvalue weighted by molar-refractivity contribution is -0.125. The number of ether oxygens (including phenoxy) is 2. The van der Waals surface area contributed by atoms with Gasteiger partial charge in [0.2, 0.25) is 5.91 Å². The minimum absolute atomic E-state index is 0.0920. The van der Waals surface area contributed by atoms with E-state index in [-0.39, 0.29) is 23.9 Å². The van der Waals surface area contributed by atoms with E-state index in [0.29, 0.717) is 0 Å². The topological polar surface area (TPSA) is 73.6 Å². The van der Waals surface area contributed by atoms with Crippen molar-refractivity contribution in [3.8, 4) is 11.5 Å². The molecule has 0 heterocycles. The van der Waals surface area contributed by atoms with E-state index in [1.807, 2.05) is 62.4 Å². The first-order chi connectivity index (χ1) is 12.0. The molecule has 3 N–H and O–H groups in total. The lowest BCUT2D eigenvalue weighted by Crippen LogP contribution is -2.40. The lowest BCUT2D eigenvalue weighted by Gasteiger charge is -2.24. The first-order valence-electron chi connectivity index (χ1n) is 8.30. The van der Waals surface area contributed by atoms with E-state index < -0.39 is 0 Å². The van der Waals surface area contributed by atoms with Crippen molar-refractivity contribution in [2.24, 2.45) is 11.7 Å². The maximum atomic E-state index is 12.6. The fraction of sp³-hybridized carbons (Fsp3) is 0.350. The number of methoxy groups -OCH3 is 2. The molecule has 0 radical (unpaired) electrons. The summed E-state index contributed by atoms with van der Waals surface area (Å²) in [5.74, 6) is 1.09. The number of carbonyl (C=O) groups excluding carboxylic acids is 1. The van der Waals surface area contributed by atoms with E-state index >= 15 is 0 Å². The van der Waals surface area contributed by atoms with Gasteiger partial charge >= 0.3 is 0 Å². The van der Waals surface area contributed by atoms with Crippen LogP contribution < -0.4 is 20.5 Å². The highest BCUT2D eigenvalue weighted by atomic mass is 16.5. The monoisotopic (exact) mass is 342 g/mol. The molecular weight excluding hydrogens is 316 g/mol. The Morgan fingerprint density at radius 1 is 0.960 bits per heavy atom. The van der Waals surface area contributed by atoms with Crippen LogP contribution in [0.3, 0.4) is 0 Å². The van der Waals surface area contributed by atoms with Crippen molar-refractivity contribution in [3.63, 3.8) is 0 Å². The van der Waals surface area contributed by atoms with Crippen LogP contribution in [0.1, 0.15) is 31.0 Å². The van der Waals surface area contributed by atoms with Crippen molar-refractivity contribution in [1.29, 1.82) is 0 Å². The summed E-state index contributed by atoms with van der Waals surface area (Å²) in [7, 11) is 3.24. The number of amides is 1. The Bertz CT molecular complexity index is 668. The Kier molecular flexibility index (Phi) is 6.42. The largest absolute Gasteiger partial charge is 0.497 e. The Morgan fingerprint density at radius 2 is 1.44 bits per heavy atom. The first-order valence-corrected chi connectivity index (χ1v) is 8.30. The van der Waals surface area contributed by atoms with E-state index in [9.17, 15) is 4.79 Å². The highest BCUT2D eigenvalue weighted by molar-refractivity contribution is 5.80. The van der Waals surface area contributed by atoms with Gasteiger partial charge in [-0.3, -0.25) is 4.79 Å². The maximum absolute atomic E-state index is 12.6. The predicted molar refractivity (Wildman–Crippen MR) is 98.8 cm³/mol. The van der Waals surface area contributed by atoms with Crippen molar-refractivity contribution in [3.05, 3.63) is 59.7 Å². The highest BCUT2D eigenvalue weighted by Gasteiger charge is 2.23. The summed E-state index contributed by atoms with van der Waals surface area (Å²) >= 11 is 0. The summed E-state index contributed by atoms with van der Waals surface area (Å²) in [6.07, 6.45) is 0. The van der Waals surface area contributed by atoms with E-state index in [1.165, 1.54) is 0 Å². The molecule has 5 heteroatoms. The maximum Gasteiger partial charge on any atom is 0.225 e. The summed E-state index contributed by atoms with van der Waals surface area (Å²) in [6.45, 7) is 3.66. The Balaban J connectivity index is 2.41. The average molecular weight is 342 g/mol. The summed E-state index contributed by atoms with van der Waals surface area (Å²) in [6, 6.07) is 14.8. The van der Waals surface area contributed by atoms with Gasteiger partial charge in [0.1, 0.15) is 11.5 Å². The number of nitrogens with one attached hydrogen (secondary N) is 1. The first kappa shape index (κ1) is 18.8. The second-order valence-electron chi connectivity index (χ2n) is 6.14. The molecule has 0 aliphatic heterocycles. The minimum atomic E-state index is -0.320. The molecule has 2 unspecified atom stereocenters. The van der Waals surface area contributed by atoms with Gasteiger partial charge in [-0.2, -0.15) is 0 Å². The zero-order valence-electron chi connectivity index (χ0n) is 15.2. The van der Waals surface area contributed by atoms with Crippen LogP contribution in [-0.4, -0.2) is 26.2 Å². The summed E-state index contributed by atoms with van der Waals surface area (Å²) < 4.78 is 10.6. The Labute approximate surface area is 149 Å². The number of carbonyl (C=O) groups is 1. The highest BCUT2D eigenvalue weighted by Crippen LogP contribution is 2.28. The van der Waals surface area contributed by atoms with E-state index in [0.717, 1.165) is 22.6 Å². The van der Waals surface area contributed by atoms with Crippen molar-refractivity contribution in [2.75, 3.05) is 14.2 Å². The molecule has 5 nitrogen and oxygen atoms in total. The third-order valence-electron chi connectivity index (χ3n) is 4.34. The van der Waals surface area contributed by atoms with Crippen molar-refractivity contribution in [2.45, 2.75) is 25.9 Å². The average Bonchev–Trinajstić information content (AvgIpc) is 2.65. The molecule has 0 aromatic heterocycles. The van der Waals surface area contributed by atoms with Gasteiger partial charge in [0.05, 0.1) is 20.3 Å². The van der Waals surface area contributed by atoms with E-state index in [1.54, 1.807) is 14.2 Å². The molecular formula is C20H26N2O3. The third kappa shape index (κ3) is 4.73. The third-order valence-corrected chi connectivity index (χ3v) is 4.34. The predicted octanol–water partition coefficient (Wildman–Crippen LogP) is 2.89. The smallest absolute Gasteiger partial charge is 0.225 e. The van der Waals surface area contributed by atoms with Crippen molar-refractivity contribution < 1.29 is 14.3 Å². The second kappa shape index (κ2) is 8.53. The van der Waals surface area contributed by atoms with Gasteiger partial charge < -0.3 is 20.5 Å². The number of rotatable bonds is 7. The molecule has 0 spiro atoms. The number of benzene rings is 2. The molecule has 2 aromatic carbocycles. The SMILES string of the molecule is COc1cccc(C(NC(=O)C(C)C(C)N)c2cccc(OC)c2)c1. The van der Waals surface area contributed by atoms with Gasteiger partial charge in [-0.1, -0.05) is 31.2 Å². The molecule has 134 valence electrons. The van der Waals surface area contributed by atoms with Crippen molar-refractivity contribution >= 4 is 5.91 Å². The van der Waals surface area contributed by atoms with Crippen LogP contribution in [0.15, 0.2) is 48.5 Å². The number of nitrogens with two attached hydrogens (primary N) is 1.